The van der Waals surface area contributed by atoms with Crippen LogP contribution in [-0.2, 0) is 9.84 Å². The van der Waals surface area contributed by atoms with Crippen LogP contribution >= 0.6 is 0 Å². The molecule has 1 aromatic carbocycles. The molecule has 9 heteroatoms. The fourth-order valence-electron chi connectivity index (χ4n) is 2.92. The van der Waals surface area contributed by atoms with Crippen LogP contribution in [0.1, 0.15) is 28.8 Å². The number of halogens is 3. The van der Waals surface area contributed by atoms with Gasteiger partial charge in [-0.05, 0) is 43.0 Å². The summed E-state index contributed by atoms with van der Waals surface area (Å²) in [7, 11) is -3.51. The molecule has 0 radical (unpaired) electrons. The Labute approximate surface area is 154 Å². The van der Waals surface area contributed by atoms with Crippen LogP contribution < -0.4 is 4.74 Å². The standard InChI is InChI=1S/C18H16F3NO4S/c1-9-7-11(5-6-13(9)27(2,24)25)14-15(16(23)10-3-4-10)12(19)8-22-17(14)26-18(20)21/h5-8,10,18H,3-4H2,1-2H3. The number of ether oxygens (including phenoxy) is 1. The van der Waals surface area contributed by atoms with E-state index in [1.807, 2.05) is 0 Å². The Morgan fingerprint density at radius 1 is 1.30 bits per heavy atom. The third kappa shape index (κ3) is 3.97. The van der Waals surface area contributed by atoms with Crippen molar-refractivity contribution in [2.24, 2.45) is 5.92 Å². The van der Waals surface area contributed by atoms with Crippen molar-refractivity contribution in [1.29, 1.82) is 0 Å². The predicted octanol–water partition coefficient (Wildman–Crippen LogP) is 3.79. The number of pyridine rings is 1. The van der Waals surface area contributed by atoms with E-state index in [9.17, 15) is 26.4 Å². The zero-order valence-electron chi connectivity index (χ0n) is 14.5. The number of aromatic nitrogens is 1. The fourth-order valence-corrected chi connectivity index (χ4v) is 3.88. The highest BCUT2D eigenvalue weighted by Gasteiger charge is 2.35. The second kappa shape index (κ2) is 6.95. The maximum atomic E-state index is 14.4. The number of aryl methyl sites for hydroxylation is 1. The van der Waals surface area contributed by atoms with Crippen LogP contribution in [0.25, 0.3) is 11.1 Å². The van der Waals surface area contributed by atoms with Gasteiger partial charge < -0.3 is 4.74 Å². The van der Waals surface area contributed by atoms with E-state index in [2.05, 4.69) is 9.72 Å². The van der Waals surface area contributed by atoms with Gasteiger partial charge in [0, 0.05) is 12.2 Å². The molecule has 2 aromatic rings. The number of carbonyl (C=O) groups excluding carboxylic acids is 1. The van der Waals surface area contributed by atoms with E-state index in [1.165, 1.54) is 25.1 Å². The quantitative estimate of drug-likeness (QED) is 0.691. The van der Waals surface area contributed by atoms with Crippen LogP contribution in [-0.4, -0.2) is 32.1 Å². The molecule has 0 bridgehead atoms. The monoisotopic (exact) mass is 399 g/mol. The van der Waals surface area contributed by atoms with Gasteiger partial charge in [0.25, 0.3) is 0 Å². The molecule has 0 amide bonds. The highest BCUT2D eigenvalue weighted by Crippen LogP contribution is 2.40. The number of nitrogens with zero attached hydrogens (tertiary/aromatic N) is 1. The minimum absolute atomic E-state index is 0.0435. The van der Waals surface area contributed by atoms with Gasteiger partial charge in [0.2, 0.25) is 5.88 Å². The van der Waals surface area contributed by atoms with Crippen LogP contribution in [0.3, 0.4) is 0 Å². The van der Waals surface area contributed by atoms with Crippen molar-refractivity contribution >= 4 is 15.6 Å². The van der Waals surface area contributed by atoms with Gasteiger partial charge >= 0.3 is 6.61 Å². The van der Waals surface area contributed by atoms with Gasteiger partial charge in [-0.3, -0.25) is 4.79 Å². The molecular formula is C18H16F3NO4S. The molecule has 5 nitrogen and oxygen atoms in total. The van der Waals surface area contributed by atoms with Crippen LogP contribution in [0.2, 0.25) is 0 Å². The van der Waals surface area contributed by atoms with Gasteiger partial charge in [0.1, 0.15) is 0 Å². The fraction of sp³-hybridized carbons (Fsp3) is 0.333. The molecular weight excluding hydrogens is 383 g/mol. The van der Waals surface area contributed by atoms with Gasteiger partial charge in [-0.1, -0.05) is 6.07 Å². The van der Waals surface area contributed by atoms with E-state index in [0.717, 1.165) is 6.26 Å². The van der Waals surface area contributed by atoms with E-state index in [-0.39, 0.29) is 27.5 Å². The average molecular weight is 399 g/mol. The van der Waals surface area contributed by atoms with E-state index >= 15 is 0 Å². The molecule has 1 saturated carbocycles. The lowest BCUT2D eigenvalue weighted by Gasteiger charge is -2.16. The first-order valence-corrected chi connectivity index (χ1v) is 9.97. The second-order valence-corrected chi connectivity index (χ2v) is 8.41. The van der Waals surface area contributed by atoms with Crippen LogP contribution in [0.5, 0.6) is 5.88 Å². The summed E-state index contributed by atoms with van der Waals surface area (Å²) in [5.74, 6) is -2.39. The highest BCUT2D eigenvalue weighted by atomic mass is 32.2. The normalized spacial score (nSPS) is 14.4. The van der Waals surface area contributed by atoms with Gasteiger partial charge in [0.05, 0.1) is 22.2 Å². The molecule has 0 unspecified atom stereocenters. The van der Waals surface area contributed by atoms with Crippen molar-refractivity contribution in [2.45, 2.75) is 31.3 Å². The Morgan fingerprint density at radius 2 is 1.96 bits per heavy atom. The molecule has 144 valence electrons. The second-order valence-electron chi connectivity index (χ2n) is 6.43. The molecule has 1 heterocycles. The first kappa shape index (κ1) is 19.3. The van der Waals surface area contributed by atoms with Crippen molar-refractivity contribution < 1.29 is 31.1 Å². The smallest absolute Gasteiger partial charge is 0.388 e. The van der Waals surface area contributed by atoms with Crippen molar-refractivity contribution in [3.63, 3.8) is 0 Å². The van der Waals surface area contributed by atoms with E-state index in [1.54, 1.807) is 0 Å². The van der Waals surface area contributed by atoms with Gasteiger partial charge in [-0.2, -0.15) is 8.78 Å². The first-order valence-electron chi connectivity index (χ1n) is 8.08. The molecule has 27 heavy (non-hydrogen) atoms. The number of hydrogen-bond donors (Lipinski definition) is 0. The summed E-state index contributed by atoms with van der Waals surface area (Å²) in [6, 6.07) is 3.99. The molecule has 0 spiro atoms. The maximum absolute atomic E-state index is 14.4. The average Bonchev–Trinajstić information content (AvgIpc) is 3.38. The molecule has 1 aliphatic rings. The molecule has 1 aliphatic carbocycles. The maximum Gasteiger partial charge on any atom is 0.388 e. The Balaban J connectivity index is 2.24. The number of sulfone groups is 1. The lowest BCUT2D eigenvalue weighted by atomic mass is 9.95. The van der Waals surface area contributed by atoms with Gasteiger partial charge in [-0.15, -0.1) is 0 Å². The number of alkyl halides is 2. The van der Waals surface area contributed by atoms with Crippen LogP contribution in [0.15, 0.2) is 29.3 Å². The minimum atomic E-state index is -3.51. The number of ketones is 1. The summed E-state index contributed by atoms with van der Waals surface area (Å²) < 4.78 is 68.0. The molecule has 0 atom stereocenters. The van der Waals surface area contributed by atoms with Gasteiger partial charge in [0.15, 0.2) is 21.4 Å². The van der Waals surface area contributed by atoms with Crippen molar-refractivity contribution in [3.8, 4) is 17.0 Å². The zero-order valence-corrected chi connectivity index (χ0v) is 15.3. The van der Waals surface area contributed by atoms with Crippen LogP contribution in [0, 0.1) is 18.7 Å². The number of hydrogen-bond acceptors (Lipinski definition) is 5. The topological polar surface area (TPSA) is 73.3 Å². The van der Waals surface area contributed by atoms with Crippen molar-refractivity contribution in [1.82, 2.24) is 4.98 Å². The minimum Gasteiger partial charge on any atom is -0.416 e. The third-order valence-corrected chi connectivity index (χ3v) is 5.51. The molecule has 1 aromatic heterocycles. The number of carbonyl (C=O) groups is 1. The largest absolute Gasteiger partial charge is 0.416 e. The summed E-state index contributed by atoms with van der Waals surface area (Å²) in [5.41, 5.74) is -0.0661. The predicted molar refractivity (Wildman–Crippen MR) is 91.2 cm³/mol. The SMILES string of the molecule is Cc1cc(-c2c(OC(F)F)ncc(F)c2C(=O)C2CC2)ccc1S(C)(=O)=O. The van der Waals surface area contributed by atoms with Gasteiger partial charge in [-0.25, -0.2) is 17.8 Å². The first-order chi connectivity index (χ1) is 12.6. The number of rotatable bonds is 6. The van der Waals surface area contributed by atoms with E-state index in [0.29, 0.717) is 24.6 Å². The van der Waals surface area contributed by atoms with Crippen molar-refractivity contribution in [3.05, 3.63) is 41.3 Å². The van der Waals surface area contributed by atoms with Crippen LogP contribution in [0.4, 0.5) is 13.2 Å². The van der Waals surface area contributed by atoms with E-state index < -0.39 is 33.9 Å². The summed E-state index contributed by atoms with van der Waals surface area (Å²) in [4.78, 5) is 16.2. The lowest BCUT2D eigenvalue weighted by molar-refractivity contribution is -0.0525. The Bertz CT molecular complexity index is 1020. The Morgan fingerprint density at radius 3 is 2.48 bits per heavy atom. The molecule has 1 fully saturated rings. The zero-order chi connectivity index (χ0) is 19.9. The third-order valence-electron chi connectivity index (χ3n) is 4.26. The van der Waals surface area contributed by atoms with Crippen molar-refractivity contribution in [2.75, 3.05) is 6.26 Å². The summed E-state index contributed by atoms with van der Waals surface area (Å²) in [6.45, 7) is -1.70. The molecule has 0 saturated heterocycles. The summed E-state index contributed by atoms with van der Waals surface area (Å²) in [6.07, 6.45) is 2.90. The molecule has 0 aliphatic heterocycles. The Kier molecular flexibility index (Phi) is 4.98. The summed E-state index contributed by atoms with van der Waals surface area (Å²) in [5, 5.41) is 0. The summed E-state index contributed by atoms with van der Waals surface area (Å²) >= 11 is 0. The highest BCUT2D eigenvalue weighted by molar-refractivity contribution is 7.90. The lowest BCUT2D eigenvalue weighted by Crippen LogP contribution is -2.12. The van der Waals surface area contributed by atoms with E-state index in [4.69, 9.17) is 0 Å². The number of benzene rings is 1. The molecule has 3 rings (SSSR count). The molecule has 0 N–H and O–H groups in total. The number of Topliss-reactive ketones (excluding diaryl/α,β-unsaturated/α-hetero) is 1. The Hall–Kier alpha value is -2.42.